The molecule has 0 unspecified atom stereocenters. The first kappa shape index (κ1) is 20.2. The van der Waals surface area contributed by atoms with Crippen LogP contribution in [0.2, 0.25) is 0 Å². The Hall–Kier alpha value is -2.51. The number of carbonyl (C=O) groups excluding carboxylic acids is 1. The largest absolute Gasteiger partial charge is 0.495 e. The second-order valence-electron chi connectivity index (χ2n) is 8.00. The van der Waals surface area contributed by atoms with Crippen LogP contribution >= 0.6 is 0 Å². The number of benzene rings is 2. The molecule has 2 aromatic rings. The van der Waals surface area contributed by atoms with E-state index in [4.69, 9.17) is 14.0 Å². The molecule has 1 heterocycles. The van der Waals surface area contributed by atoms with Crippen LogP contribution in [0.1, 0.15) is 33.3 Å². The Labute approximate surface area is 166 Å². The number of ether oxygens (including phenoxy) is 1. The first-order valence-electron chi connectivity index (χ1n) is 9.29. The molecule has 0 aromatic heterocycles. The summed E-state index contributed by atoms with van der Waals surface area (Å²) in [5.74, 6) is 0.603. The van der Waals surface area contributed by atoms with Crippen LogP contribution in [0.25, 0.3) is 0 Å². The summed E-state index contributed by atoms with van der Waals surface area (Å²) in [6.07, 6.45) is 0. The Balaban J connectivity index is 1.72. The maximum absolute atomic E-state index is 12.5. The molecule has 1 saturated heterocycles. The van der Waals surface area contributed by atoms with Crippen molar-refractivity contribution < 1.29 is 18.8 Å². The molecule has 6 nitrogen and oxygen atoms in total. The maximum Gasteiger partial charge on any atom is 0.494 e. The predicted octanol–water partition coefficient (Wildman–Crippen LogP) is 3.95. The quantitative estimate of drug-likeness (QED) is 0.786. The number of aryl methyl sites for hydroxylation is 1. The standard InChI is InChI=1S/C21H27BN2O4/c1-14-10-11-18(26-6)17(12-14)24-19(25)23-16-9-7-8-15(13-16)22-27-20(2,3)21(4,5)28-22/h7-13H,1-6H3,(H2,23,24,25). The van der Waals surface area contributed by atoms with Crippen molar-refractivity contribution in [2.75, 3.05) is 17.7 Å². The van der Waals surface area contributed by atoms with E-state index in [9.17, 15) is 4.79 Å². The van der Waals surface area contributed by atoms with Crippen LogP contribution in [-0.4, -0.2) is 31.5 Å². The lowest BCUT2D eigenvalue weighted by molar-refractivity contribution is 0.00578. The maximum atomic E-state index is 12.5. The van der Waals surface area contributed by atoms with E-state index in [-0.39, 0.29) is 6.03 Å². The minimum atomic E-state index is -0.480. The molecule has 2 amide bonds. The number of urea groups is 1. The number of carbonyl (C=O) groups is 1. The number of anilines is 2. The van der Waals surface area contributed by atoms with Crippen LogP contribution < -0.4 is 20.8 Å². The van der Waals surface area contributed by atoms with Gasteiger partial charge in [-0.1, -0.05) is 18.2 Å². The molecule has 7 heteroatoms. The molecule has 1 aliphatic rings. The molecule has 0 bridgehead atoms. The molecule has 1 aliphatic heterocycles. The van der Waals surface area contributed by atoms with Crippen molar-refractivity contribution in [3.8, 4) is 5.75 Å². The van der Waals surface area contributed by atoms with Crippen LogP contribution in [0, 0.1) is 6.92 Å². The minimum absolute atomic E-state index is 0.352. The summed E-state index contributed by atoms with van der Waals surface area (Å²) >= 11 is 0. The molecule has 148 valence electrons. The molecule has 0 atom stereocenters. The fraction of sp³-hybridized carbons (Fsp3) is 0.381. The lowest BCUT2D eigenvalue weighted by Gasteiger charge is -2.32. The molecular formula is C21H27BN2O4. The molecule has 3 rings (SSSR count). The second-order valence-corrected chi connectivity index (χ2v) is 8.00. The van der Waals surface area contributed by atoms with E-state index >= 15 is 0 Å². The van der Waals surface area contributed by atoms with E-state index in [1.54, 1.807) is 7.11 Å². The van der Waals surface area contributed by atoms with Crippen LogP contribution in [0.5, 0.6) is 5.75 Å². The monoisotopic (exact) mass is 382 g/mol. The van der Waals surface area contributed by atoms with Gasteiger partial charge in [0.25, 0.3) is 0 Å². The molecule has 0 saturated carbocycles. The van der Waals surface area contributed by atoms with Gasteiger partial charge in [0.15, 0.2) is 0 Å². The lowest BCUT2D eigenvalue weighted by atomic mass is 9.79. The average Bonchev–Trinajstić information content (AvgIpc) is 2.83. The van der Waals surface area contributed by atoms with Crippen molar-refractivity contribution in [3.05, 3.63) is 48.0 Å². The zero-order valence-corrected chi connectivity index (χ0v) is 17.3. The SMILES string of the molecule is COc1ccc(C)cc1NC(=O)Nc1cccc(B2OC(C)(C)C(C)(C)O2)c1. The molecule has 0 spiro atoms. The van der Waals surface area contributed by atoms with Gasteiger partial charge in [0, 0.05) is 5.69 Å². The first-order valence-corrected chi connectivity index (χ1v) is 9.29. The Morgan fingerprint density at radius 1 is 1.00 bits per heavy atom. The number of methoxy groups -OCH3 is 1. The third-order valence-corrected chi connectivity index (χ3v) is 5.27. The zero-order valence-electron chi connectivity index (χ0n) is 17.3. The molecule has 28 heavy (non-hydrogen) atoms. The lowest BCUT2D eigenvalue weighted by Crippen LogP contribution is -2.41. The van der Waals surface area contributed by atoms with Crippen molar-refractivity contribution in [1.29, 1.82) is 0 Å². The smallest absolute Gasteiger partial charge is 0.494 e. The number of rotatable bonds is 4. The van der Waals surface area contributed by atoms with Gasteiger partial charge in [-0.2, -0.15) is 0 Å². The highest BCUT2D eigenvalue weighted by molar-refractivity contribution is 6.62. The van der Waals surface area contributed by atoms with E-state index in [2.05, 4.69) is 10.6 Å². The molecule has 1 fully saturated rings. The predicted molar refractivity (Wildman–Crippen MR) is 113 cm³/mol. The number of amides is 2. The van der Waals surface area contributed by atoms with Crippen LogP contribution in [0.15, 0.2) is 42.5 Å². The van der Waals surface area contributed by atoms with E-state index < -0.39 is 18.3 Å². The summed E-state index contributed by atoms with van der Waals surface area (Å²) in [4.78, 5) is 12.5. The van der Waals surface area contributed by atoms with Gasteiger partial charge in [-0.15, -0.1) is 0 Å². The second kappa shape index (κ2) is 7.49. The number of nitrogens with one attached hydrogen (secondary N) is 2. The van der Waals surface area contributed by atoms with Gasteiger partial charge < -0.3 is 24.7 Å². The van der Waals surface area contributed by atoms with Gasteiger partial charge in [0.05, 0.1) is 24.0 Å². The Kier molecular flexibility index (Phi) is 5.41. The minimum Gasteiger partial charge on any atom is -0.495 e. The third-order valence-electron chi connectivity index (χ3n) is 5.27. The Morgan fingerprint density at radius 3 is 2.32 bits per heavy atom. The zero-order chi connectivity index (χ0) is 20.5. The van der Waals surface area contributed by atoms with Gasteiger partial charge in [-0.3, -0.25) is 0 Å². The van der Waals surface area contributed by atoms with Crippen molar-refractivity contribution in [3.63, 3.8) is 0 Å². The van der Waals surface area contributed by atoms with E-state index in [0.717, 1.165) is 11.0 Å². The van der Waals surface area contributed by atoms with Gasteiger partial charge >= 0.3 is 13.1 Å². The van der Waals surface area contributed by atoms with Gasteiger partial charge in [-0.25, -0.2) is 4.79 Å². The summed E-state index contributed by atoms with van der Waals surface area (Å²) in [5, 5.41) is 5.68. The van der Waals surface area contributed by atoms with Gasteiger partial charge in [0.2, 0.25) is 0 Å². The van der Waals surface area contributed by atoms with Crippen molar-refractivity contribution in [2.24, 2.45) is 0 Å². The van der Waals surface area contributed by atoms with Crippen LogP contribution in [0.4, 0.5) is 16.2 Å². The number of hydrogen-bond donors (Lipinski definition) is 2. The van der Waals surface area contributed by atoms with Crippen molar-refractivity contribution >= 4 is 30.0 Å². The Morgan fingerprint density at radius 2 is 1.68 bits per heavy atom. The summed E-state index contributed by atoms with van der Waals surface area (Å²) in [6.45, 7) is 10.0. The summed E-state index contributed by atoms with van der Waals surface area (Å²) in [6, 6.07) is 12.7. The molecular weight excluding hydrogens is 355 g/mol. The highest BCUT2D eigenvalue weighted by Gasteiger charge is 2.51. The summed E-state index contributed by atoms with van der Waals surface area (Å²) in [7, 11) is 1.09. The van der Waals surface area contributed by atoms with E-state index in [1.807, 2.05) is 77.1 Å². The van der Waals surface area contributed by atoms with Crippen molar-refractivity contribution in [2.45, 2.75) is 45.8 Å². The normalized spacial score (nSPS) is 17.3. The summed E-state index contributed by atoms with van der Waals surface area (Å²) < 4.78 is 17.5. The van der Waals surface area contributed by atoms with Crippen molar-refractivity contribution in [1.82, 2.24) is 0 Å². The highest BCUT2D eigenvalue weighted by Crippen LogP contribution is 2.36. The van der Waals surface area contributed by atoms with E-state index in [0.29, 0.717) is 17.1 Å². The summed E-state index contributed by atoms with van der Waals surface area (Å²) in [5.41, 5.74) is 2.31. The molecule has 2 aromatic carbocycles. The number of hydrogen-bond acceptors (Lipinski definition) is 4. The molecule has 0 aliphatic carbocycles. The molecule has 0 radical (unpaired) electrons. The first-order chi connectivity index (χ1) is 13.1. The fourth-order valence-electron chi connectivity index (χ4n) is 2.95. The van der Waals surface area contributed by atoms with Crippen LogP contribution in [-0.2, 0) is 9.31 Å². The highest BCUT2D eigenvalue weighted by atomic mass is 16.7. The fourth-order valence-corrected chi connectivity index (χ4v) is 2.95. The Bertz CT molecular complexity index is 866. The van der Waals surface area contributed by atoms with Gasteiger partial charge in [-0.05, 0) is 69.9 Å². The van der Waals surface area contributed by atoms with E-state index in [1.165, 1.54) is 0 Å². The van der Waals surface area contributed by atoms with Crippen LogP contribution in [0.3, 0.4) is 0 Å². The average molecular weight is 382 g/mol. The molecule has 2 N–H and O–H groups in total. The van der Waals surface area contributed by atoms with Gasteiger partial charge in [0.1, 0.15) is 5.75 Å². The third kappa shape index (κ3) is 4.15. The topological polar surface area (TPSA) is 68.8 Å².